The van der Waals surface area contributed by atoms with Crippen LogP contribution in [0.15, 0.2) is 48.5 Å². The van der Waals surface area contributed by atoms with Crippen molar-refractivity contribution in [2.75, 3.05) is 33.9 Å². The summed E-state index contributed by atoms with van der Waals surface area (Å²) in [6.07, 6.45) is 0. The average molecular weight is 369 g/mol. The van der Waals surface area contributed by atoms with E-state index in [1.54, 1.807) is 14.2 Å². The molecule has 0 aliphatic carbocycles. The number of ether oxygens (including phenoxy) is 3. The molecule has 1 aliphatic rings. The predicted octanol–water partition coefficient (Wildman–Crippen LogP) is 3.48. The molecule has 0 aromatic heterocycles. The third-order valence-corrected chi connectivity index (χ3v) is 5.07. The molecule has 0 radical (unpaired) electrons. The van der Waals surface area contributed by atoms with E-state index in [2.05, 4.69) is 17.0 Å². The van der Waals surface area contributed by atoms with E-state index in [1.807, 2.05) is 43.3 Å². The van der Waals surface area contributed by atoms with Gasteiger partial charge >= 0.3 is 5.97 Å². The SMILES string of the molecule is CCOC(=O)C1CN(Cc2ccccc2)CC1c1cccc(OC)c1OC. The van der Waals surface area contributed by atoms with Gasteiger partial charge in [0.2, 0.25) is 0 Å². The van der Waals surface area contributed by atoms with Crippen molar-refractivity contribution >= 4 is 5.97 Å². The number of rotatable bonds is 7. The third-order valence-electron chi connectivity index (χ3n) is 5.07. The quantitative estimate of drug-likeness (QED) is 0.700. The highest BCUT2D eigenvalue weighted by atomic mass is 16.5. The number of esters is 1. The van der Waals surface area contributed by atoms with E-state index in [0.717, 1.165) is 18.7 Å². The Morgan fingerprint density at radius 1 is 1.04 bits per heavy atom. The zero-order valence-electron chi connectivity index (χ0n) is 16.2. The van der Waals surface area contributed by atoms with Crippen LogP contribution in [0.3, 0.4) is 0 Å². The summed E-state index contributed by atoms with van der Waals surface area (Å²) in [7, 11) is 3.26. The Balaban J connectivity index is 1.90. The minimum atomic E-state index is -0.227. The molecule has 1 heterocycles. The molecule has 0 amide bonds. The molecule has 0 saturated carbocycles. The lowest BCUT2D eigenvalue weighted by atomic mass is 9.88. The fourth-order valence-electron chi connectivity index (χ4n) is 3.86. The Bertz CT molecular complexity index is 762. The zero-order valence-corrected chi connectivity index (χ0v) is 16.2. The standard InChI is InChI=1S/C22H27NO4/c1-4-27-22(24)19-15-23(13-16-9-6-5-7-10-16)14-18(19)17-11-8-12-20(25-2)21(17)26-3/h5-12,18-19H,4,13-15H2,1-3H3. The van der Waals surface area contributed by atoms with Crippen LogP contribution in [0.25, 0.3) is 0 Å². The Kier molecular flexibility index (Phi) is 6.35. The van der Waals surface area contributed by atoms with Gasteiger partial charge in [0, 0.05) is 31.1 Å². The van der Waals surface area contributed by atoms with Crippen LogP contribution in [0, 0.1) is 5.92 Å². The first-order chi connectivity index (χ1) is 13.2. The van der Waals surface area contributed by atoms with Gasteiger partial charge in [-0.25, -0.2) is 0 Å². The van der Waals surface area contributed by atoms with Gasteiger partial charge in [-0.15, -0.1) is 0 Å². The molecule has 5 heteroatoms. The van der Waals surface area contributed by atoms with Crippen molar-refractivity contribution in [3.63, 3.8) is 0 Å². The number of benzene rings is 2. The molecule has 1 aliphatic heterocycles. The van der Waals surface area contributed by atoms with Crippen LogP contribution >= 0.6 is 0 Å². The van der Waals surface area contributed by atoms with Gasteiger partial charge in [0.15, 0.2) is 11.5 Å². The number of carbonyl (C=O) groups is 1. The van der Waals surface area contributed by atoms with E-state index in [-0.39, 0.29) is 17.8 Å². The van der Waals surface area contributed by atoms with Gasteiger partial charge in [-0.2, -0.15) is 0 Å². The molecule has 1 fully saturated rings. The lowest BCUT2D eigenvalue weighted by Gasteiger charge is -2.21. The Labute approximate surface area is 160 Å². The monoisotopic (exact) mass is 369 g/mol. The van der Waals surface area contributed by atoms with Crippen molar-refractivity contribution in [2.24, 2.45) is 5.92 Å². The highest BCUT2D eigenvalue weighted by Crippen LogP contribution is 2.42. The maximum Gasteiger partial charge on any atom is 0.310 e. The average Bonchev–Trinajstić information content (AvgIpc) is 3.12. The van der Waals surface area contributed by atoms with Crippen molar-refractivity contribution in [3.05, 3.63) is 59.7 Å². The highest BCUT2D eigenvalue weighted by Gasteiger charge is 2.41. The third kappa shape index (κ3) is 4.25. The number of carbonyl (C=O) groups excluding carboxylic acids is 1. The summed E-state index contributed by atoms with van der Waals surface area (Å²) in [4.78, 5) is 15.0. The fourth-order valence-corrected chi connectivity index (χ4v) is 3.86. The second-order valence-electron chi connectivity index (χ2n) is 6.73. The molecule has 0 N–H and O–H groups in total. The Hall–Kier alpha value is -2.53. The summed E-state index contributed by atoms with van der Waals surface area (Å²) < 4.78 is 16.4. The van der Waals surface area contributed by atoms with Crippen molar-refractivity contribution < 1.29 is 19.0 Å². The van der Waals surface area contributed by atoms with E-state index in [9.17, 15) is 4.79 Å². The van der Waals surface area contributed by atoms with Crippen molar-refractivity contribution in [3.8, 4) is 11.5 Å². The number of hydrogen-bond donors (Lipinski definition) is 0. The summed E-state index contributed by atoms with van der Waals surface area (Å²) >= 11 is 0. The first kappa shape index (κ1) is 19.2. The number of hydrogen-bond acceptors (Lipinski definition) is 5. The second-order valence-corrected chi connectivity index (χ2v) is 6.73. The molecule has 2 atom stereocenters. The van der Waals surface area contributed by atoms with Crippen molar-refractivity contribution in [1.29, 1.82) is 0 Å². The molecule has 0 spiro atoms. The number of methoxy groups -OCH3 is 2. The van der Waals surface area contributed by atoms with Gasteiger partial charge in [0.1, 0.15) is 0 Å². The van der Waals surface area contributed by atoms with Gasteiger partial charge in [-0.1, -0.05) is 42.5 Å². The molecule has 2 aromatic carbocycles. The number of likely N-dealkylation sites (tertiary alicyclic amines) is 1. The van der Waals surface area contributed by atoms with Crippen LogP contribution in [-0.2, 0) is 16.1 Å². The van der Waals surface area contributed by atoms with Crippen LogP contribution in [0.1, 0.15) is 24.0 Å². The van der Waals surface area contributed by atoms with Crippen molar-refractivity contribution in [1.82, 2.24) is 4.90 Å². The van der Waals surface area contributed by atoms with E-state index >= 15 is 0 Å². The molecule has 5 nitrogen and oxygen atoms in total. The van der Waals surface area contributed by atoms with E-state index in [4.69, 9.17) is 14.2 Å². The molecule has 1 saturated heterocycles. The normalized spacial score (nSPS) is 19.7. The van der Waals surface area contributed by atoms with Gasteiger partial charge < -0.3 is 14.2 Å². The first-order valence-corrected chi connectivity index (χ1v) is 9.31. The summed E-state index contributed by atoms with van der Waals surface area (Å²) in [6, 6.07) is 16.1. The van der Waals surface area contributed by atoms with Crippen LogP contribution in [0.5, 0.6) is 11.5 Å². The van der Waals surface area contributed by atoms with E-state index in [0.29, 0.717) is 24.7 Å². The lowest BCUT2D eigenvalue weighted by molar-refractivity contribution is -0.148. The Morgan fingerprint density at radius 2 is 1.81 bits per heavy atom. The largest absolute Gasteiger partial charge is 0.493 e. The summed E-state index contributed by atoms with van der Waals surface area (Å²) in [6.45, 7) is 4.46. The maximum absolute atomic E-state index is 12.7. The van der Waals surface area contributed by atoms with Gasteiger partial charge in [0.25, 0.3) is 0 Å². The van der Waals surface area contributed by atoms with E-state index < -0.39 is 0 Å². The highest BCUT2D eigenvalue weighted by molar-refractivity contribution is 5.75. The van der Waals surface area contributed by atoms with Crippen LogP contribution in [-0.4, -0.2) is 44.8 Å². The van der Waals surface area contributed by atoms with Gasteiger partial charge in [-0.05, 0) is 18.6 Å². The Morgan fingerprint density at radius 3 is 2.48 bits per heavy atom. The molecule has 3 rings (SSSR count). The van der Waals surface area contributed by atoms with Crippen LogP contribution in [0.2, 0.25) is 0 Å². The molecule has 0 bridgehead atoms. The van der Waals surface area contributed by atoms with Crippen molar-refractivity contribution in [2.45, 2.75) is 19.4 Å². The van der Waals surface area contributed by atoms with Gasteiger partial charge in [-0.3, -0.25) is 9.69 Å². The molecule has 2 aromatic rings. The predicted molar refractivity (Wildman–Crippen MR) is 104 cm³/mol. The van der Waals surface area contributed by atoms with Crippen LogP contribution < -0.4 is 9.47 Å². The molecule has 144 valence electrons. The van der Waals surface area contributed by atoms with Crippen LogP contribution in [0.4, 0.5) is 0 Å². The molecular weight excluding hydrogens is 342 g/mol. The smallest absolute Gasteiger partial charge is 0.310 e. The fraction of sp³-hybridized carbons (Fsp3) is 0.409. The molecule has 27 heavy (non-hydrogen) atoms. The first-order valence-electron chi connectivity index (χ1n) is 9.31. The zero-order chi connectivity index (χ0) is 19.2. The van der Waals surface area contributed by atoms with Gasteiger partial charge in [0.05, 0.1) is 26.7 Å². The summed E-state index contributed by atoms with van der Waals surface area (Å²) in [5, 5.41) is 0. The molecular formula is C22H27NO4. The number of nitrogens with zero attached hydrogens (tertiary/aromatic N) is 1. The topological polar surface area (TPSA) is 48.0 Å². The minimum Gasteiger partial charge on any atom is -0.493 e. The number of para-hydroxylation sites is 1. The maximum atomic E-state index is 12.7. The van der Waals surface area contributed by atoms with E-state index in [1.165, 1.54) is 5.56 Å². The minimum absolute atomic E-state index is 0.00203. The second kappa shape index (κ2) is 8.91. The lowest BCUT2D eigenvalue weighted by Crippen LogP contribution is -2.25. The molecule has 2 unspecified atom stereocenters. The summed E-state index contributed by atoms with van der Waals surface area (Å²) in [5.41, 5.74) is 2.23. The summed E-state index contributed by atoms with van der Waals surface area (Å²) in [5.74, 6) is 0.996.